The summed E-state index contributed by atoms with van der Waals surface area (Å²) in [6.07, 6.45) is 1.53. The molecule has 0 saturated carbocycles. The van der Waals surface area contributed by atoms with E-state index in [1.54, 1.807) is 17.5 Å². The summed E-state index contributed by atoms with van der Waals surface area (Å²) in [5, 5.41) is 24.3. The number of carbonyl (C=O) groups is 3. The second kappa shape index (κ2) is 8.91. The van der Waals surface area contributed by atoms with Crippen molar-refractivity contribution in [2.45, 2.75) is 20.7 Å². The molecule has 4 rings (SSSR count). The number of thiophene rings is 1. The van der Waals surface area contributed by atoms with Gasteiger partial charge in [0.05, 0.1) is 21.2 Å². The monoisotopic (exact) mass is 485 g/mol. The van der Waals surface area contributed by atoms with Gasteiger partial charge >= 0.3 is 5.97 Å². The topological polar surface area (TPSA) is 145 Å². The van der Waals surface area contributed by atoms with Gasteiger partial charge in [-0.15, -0.1) is 28.2 Å². The van der Waals surface area contributed by atoms with Crippen molar-refractivity contribution in [2.75, 3.05) is 17.3 Å². The van der Waals surface area contributed by atoms with Gasteiger partial charge in [0.2, 0.25) is 5.91 Å². The third-order valence-corrected chi connectivity index (χ3v) is 9.28. The molecule has 1 fully saturated rings. The van der Waals surface area contributed by atoms with E-state index in [4.69, 9.17) is 0 Å². The quantitative estimate of drug-likeness (QED) is 0.359. The highest BCUT2D eigenvalue weighted by atomic mass is 32.2. The first-order valence-electron chi connectivity index (χ1n) is 8.55. The molecule has 3 N–H and O–H groups in total. The molecule has 30 heavy (non-hydrogen) atoms. The lowest BCUT2D eigenvalue weighted by molar-refractivity contribution is -0.150. The van der Waals surface area contributed by atoms with Crippen molar-refractivity contribution in [3.8, 4) is 0 Å². The summed E-state index contributed by atoms with van der Waals surface area (Å²) in [7, 11) is -1.48. The minimum Gasteiger partial charge on any atom is -0.477 e. The maximum Gasteiger partial charge on any atom is 0.352 e. The van der Waals surface area contributed by atoms with Crippen LogP contribution in [0.25, 0.3) is 0 Å². The molecule has 2 amide bonds. The van der Waals surface area contributed by atoms with Crippen molar-refractivity contribution in [1.82, 2.24) is 25.6 Å². The molecule has 3 atom stereocenters. The van der Waals surface area contributed by atoms with Gasteiger partial charge in [-0.25, -0.2) is 4.79 Å². The first kappa shape index (κ1) is 21.1. The van der Waals surface area contributed by atoms with Crippen molar-refractivity contribution in [2.24, 2.45) is 0 Å². The number of thioether (sulfide) groups is 2. The lowest BCUT2D eigenvalue weighted by Crippen LogP contribution is -2.70. The third-order valence-electron chi connectivity index (χ3n) is 4.34. The molecule has 2 aromatic rings. The number of carboxylic acid groups (broad SMARTS) is 1. The van der Waals surface area contributed by atoms with Gasteiger partial charge in [0.15, 0.2) is 0 Å². The van der Waals surface area contributed by atoms with E-state index in [9.17, 15) is 23.7 Å². The standard InChI is InChI=1S/C16H15N5O5S4/c22-9(7-30(26)11-2-1-3-27-11)18-12-14(23)21-13(16(24)25)8(6-29-15(12)21)5-28-10-4-17-20-19-10/h1-4,12,15H,5-7H2,(H,18,22)(H,24,25)(H,17,19,20)/t12?,15-,30?/m1/s1. The van der Waals surface area contributed by atoms with E-state index >= 15 is 0 Å². The van der Waals surface area contributed by atoms with Gasteiger partial charge in [-0.1, -0.05) is 17.8 Å². The normalized spacial score (nSPS) is 21.7. The Hall–Kier alpha value is -2.16. The molecule has 4 heterocycles. The number of carboxylic acids is 1. The Morgan fingerprint density at radius 2 is 2.30 bits per heavy atom. The average molecular weight is 486 g/mol. The number of amides is 2. The average Bonchev–Trinajstić information content (AvgIpc) is 3.43. The van der Waals surface area contributed by atoms with Crippen LogP contribution in [0.5, 0.6) is 0 Å². The second-order valence-corrected chi connectivity index (χ2v) is 11.0. The Morgan fingerprint density at radius 3 is 2.97 bits per heavy atom. The summed E-state index contributed by atoms with van der Waals surface area (Å²) in [6, 6.07) is 2.60. The number of carbonyl (C=O) groups excluding carboxylic acids is 2. The molecule has 0 radical (unpaired) electrons. The number of nitrogens with one attached hydrogen (secondary N) is 2. The maximum absolute atomic E-state index is 12.6. The van der Waals surface area contributed by atoms with Gasteiger partial charge in [0, 0.05) is 11.5 Å². The number of H-pyrrole nitrogens is 1. The molecule has 0 aromatic carbocycles. The Labute approximate surface area is 185 Å². The van der Waals surface area contributed by atoms with Gasteiger partial charge in [0.25, 0.3) is 5.91 Å². The molecule has 158 valence electrons. The van der Waals surface area contributed by atoms with Gasteiger partial charge in [-0.3, -0.25) is 18.7 Å². The first-order chi connectivity index (χ1) is 14.5. The molecular formula is C16H15N5O5S4. The number of rotatable bonds is 8. The predicted octanol–water partition coefficient (Wildman–Crippen LogP) is 0.505. The smallest absolute Gasteiger partial charge is 0.352 e. The Morgan fingerprint density at radius 1 is 1.47 bits per heavy atom. The number of nitrogens with zero attached hydrogens (tertiary/aromatic N) is 3. The zero-order valence-corrected chi connectivity index (χ0v) is 18.4. The van der Waals surface area contributed by atoms with Gasteiger partial charge in [0.1, 0.15) is 27.9 Å². The summed E-state index contributed by atoms with van der Waals surface area (Å²) < 4.78 is 12.8. The molecular weight excluding hydrogens is 470 g/mol. The number of hydrogen-bond acceptors (Lipinski definition) is 9. The van der Waals surface area contributed by atoms with E-state index in [0.29, 0.717) is 26.3 Å². The van der Waals surface area contributed by atoms with Gasteiger partial charge < -0.3 is 10.4 Å². The molecule has 0 bridgehead atoms. The van der Waals surface area contributed by atoms with Crippen molar-refractivity contribution in [3.05, 3.63) is 35.0 Å². The molecule has 2 aromatic heterocycles. The third kappa shape index (κ3) is 4.17. The number of aromatic amines is 1. The molecule has 0 spiro atoms. The number of fused-ring (bicyclic) bond motifs is 1. The SMILES string of the molecule is O=C(CS(=O)c1cccs1)NC1C(=O)N2C(C(=O)O)=C(CSc3cn[nH]n3)CS[C@H]12. The van der Waals surface area contributed by atoms with E-state index in [0.717, 1.165) is 0 Å². The molecule has 14 heteroatoms. The molecule has 2 unspecified atom stereocenters. The van der Waals surface area contributed by atoms with Crippen LogP contribution in [0, 0.1) is 0 Å². The van der Waals surface area contributed by atoms with E-state index in [1.807, 2.05) is 0 Å². The predicted molar refractivity (Wildman–Crippen MR) is 112 cm³/mol. The lowest BCUT2D eigenvalue weighted by Gasteiger charge is -2.49. The van der Waals surface area contributed by atoms with Crippen molar-refractivity contribution >= 4 is 63.4 Å². The minimum absolute atomic E-state index is 0.0487. The second-order valence-electron chi connectivity index (χ2n) is 6.23. The van der Waals surface area contributed by atoms with E-state index in [2.05, 4.69) is 20.7 Å². The van der Waals surface area contributed by atoms with E-state index in [1.165, 1.54) is 46.0 Å². The number of hydrogen-bond donors (Lipinski definition) is 3. The molecule has 1 saturated heterocycles. The largest absolute Gasteiger partial charge is 0.477 e. The Balaban J connectivity index is 1.41. The fourth-order valence-corrected chi connectivity index (χ4v) is 7.20. The number of aromatic nitrogens is 3. The van der Waals surface area contributed by atoms with Crippen LogP contribution in [0.3, 0.4) is 0 Å². The fourth-order valence-electron chi connectivity index (χ4n) is 3.01. The van der Waals surface area contributed by atoms with Crippen LogP contribution in [0.1, 0.15) is 0 Å². The lowest BCUT2D eigenvalue weighted by atomic mass is 10.0. The zero-order chi connectivity index (χ0) is 21.3. The zero-order valence-electron chi connectivity index (χ0n) is 15.1. The van der Waals surface area contributed by atoms with Crippen LogP contribution in [-0.2, 0) is 25.2 Å². The Kier molecular flexibility index (Phi) is 6.26. The highest BCUT2D eigenvalue weighted by Crippen LogP contribution is 2.41. The minimum atomic E-state index is -1.48. The summed E-state index contributed by atoms with van der Waals surface area (Å²) >= 11 is 4.00. The summed E-state index contributed by atoms with van der Waals surface area (Å²) in [5.41, 5.74) is 0.557. The van der Waals surface area contributed by atoms with E-state index in [-0.39, 0.29) is 11.4 Å². The highest BCUT2D eigenvalue weighted by molar-refractivity contribution is 8.01. The number of β-lactam (4-membered cyclic amide) rings is 1. The highest BCUT2D eigenvalue weighted by Gasteiger charge is 2.54. The molecule has 2 aliphatic heterocycles. The summed E-state index contributed by atoms with van der Waals surface area (Å²) in [5.74, 6) is -1.66. The Bertz CT molecular complexity index is 1020. The molecule has 2 aliphatic rings. The van der Waals surface area contributed by atoms with Gasteiger partial charge in [-0.2, -0.15) is 10.3 Å². The first-order valence-corrected chi connectivity index (χ1v) is 12.8. The van der Waals surface area contributed by atoms with Crippen LogP contribution in [0.15, 0.2) is 44.2 Å². The van der Waals surface area contributed by atoms with Crippen LogP contribution in [0.2, 0.25) is 0 Å². The van der Waals surface area contributed by atoms with Crippen LogP contribution in [-0.4, -0.2) is 76.1 Å². The molecule has 10 nitrogen and oxygen atoms in total. The van der Waals surface area contributed by atoms with Crippen LogP contribution < -0.4 is 5.32 Å². The van der Waals surface area contributed by atoms with Crippen molar-refractivity contribution in [1.29, 1.82) is 0 Å². The molecule has 0 aliphatic carbocycles. The van der Waals surface area contributed by atoms with Crippen LogP contribution >= 0.6 is 34.9 Å². The fraction of sp³-hybridized carbons (Fsp3) is 0.312. The van der Waals surface area contributed by atoms with Crippen molar-refractivity contribution in [3.63, 3.8) is 0 Å². The van der Waals surface area contributed by atoms with Crippen molar-refractivity contribution < 1.29 is 23.7 Å². The van der Waals surface area contributed by atoms with E-state index < -0.39 is 40.0 Å². The van der Waals surface area contributed by atoms with Crippen LogP contribution in [0.4, 0.5) is 0 Å². The maximum atomic E-state index is 12.6. The number of aliphatic carboxylic acids is 1. The summed E-state index contributed by atoms with van der Waals surface area (Å²) in [4.78, 5) is 37.9. The summed E-state index contributed by atoms with van der Waals surface area (Å²) in [6.45, 7) is 0. The van der Waals surface area contributed by atoms with Gasteiger partial charge in [-0.05, 0) is 17.0 Å².